The van der Waals surface area contributed by atoms with E-state index in [0.29, 0.717) is 65.2 Å². The normalized spacial score (nSPS) is 14.8. The molecular formula is C48H51ClN14O4. The number of imidazole rings is 2. The molecule has 10 rings (SSSR count). The number of hydrogen-bond donors (Lipinski definition) is 2. The van der Waals surface area contributed by atoms with Gasteiger partial charge in [-0.1, -0.05) is 48.5 Å². The molecule has 8 aromatic rings. The van der Waals surface area contributed by atoms with Crippen LogP contribution >= 0.6 is 11.6 Å². The van der Waals surface area contributed by atoms with Gasteiger partial charge in [-0.05, 0) is 61.5 Å². The fraction of sp³-hybridized carbons (Fsp3) is 0.250. The van der Waals surface area contributed by atoms with Crippen molar-refractivity contribution in [3.63, 3.8) is 0 Å². The number of rotatable bonds is 8. The van der Waals surface area contributed by atoms with Gasteiger partial charge in [0.15, 0.2) is 46.3 Å². The van der Waals surface area contributed by atoms with Crippen molar-refractivity contribution in [1.29, 1.82) is 0 Å². The van der Waals surface area contributed by atoms with Crippen LogP contribution in [0.15, 0.2) is 110 Å². The van der Waals surface area contributed by atoms with Gasteiger partial charge < -0.3 is 39.8 Å². The number of nitrogens with one attached hydrogen (secondary N) is 1. The fourth-order valence-corrected chi connectivity index (χ4v) is 7.82. The number of benzene rings is 2. The second kappa shape index (κ2) is 20.0. The Bertz CT molecular complexity index is 3000. The summed E-state index contributed by atoms with van der Waals surface area (Å²) in [6, 6.07) is 20.4. The highest BCUT2D eigenvalue weighted by Gasteiger charge is 2.30. The van der Waals surface area contributed by atoms with Crippen molar-refractivity contribution in [3.8, 4) is 34.6 Å². The lowest BCUT2D eigenvalue weighted by molar-refractivity contribution is 0.264. The first-order chi connectivity index (χ1) is 32.4. The molecule has 2 atom stereocenters. The molecule has 67 heavy (non-hydrogen) atoms. The fourth-order valence-electron chi connectivity index (χ4n) is 7.70. The molecule has 0 fully saturated rings. The molecule has 6 aromatic heterocycles. The predicted molar refractivity (Wildman–Crippen MR) is 258 cm³/mol. The van der Waals surface area contributed by atoms with Crippen LogP contribution < -0.4 is 39.8 Å². The highest BCUT2D eigenvalue weighted by atomic mass is 35.5. The summed E-state index contributed by atoms with van der Waals surface area (Å²) in [5, 5.41) is 3.46. The average molecular weight is 923 g/mol. The summed E-state index contributed by atoms with van der Waals surface area (Å²) in [6.07, 6.45) is 13.8. The highest BCUT2D eigenvalue weighted by molar-refractivity contribution is 6.28. The molecule has 8 heterocycles. The van der Waals surface area contributed by atoms with Gasteiger partial charge in [0.05, 0.1) is 73.9 Å². The van der Waals surface area contributed by atoms with Gasteiger partial charge in [-0.2, -0.15) is 9.97 Å². The van der Waals surface area contributed by atoms with E-state index in [-0.39, 0.29) is 17.4 Å². The van der Waals surface area contributed by atoms with E-state index < -0.39 is 0 Å². The van der Waals surface area contributed by atoms with Crippen LogP contribution in [0.1, 0.15) is 45.7 Å². The topological polar surface area (TPSA) is 194 Å². The number of nitrogens with zero attached hydrogens (tertiary/aromatic N) is 12. The first-order valence-corrected chi connectivity index (χ1v) is 21.6. The minimum Gasteiger partial charge on any atom is -0.493 e. The average Bonchev–Trinajstić information content (AvgIpc) is 3.98. The summed E-state index contributed by atoms with van der Waals surface area (Å²) in [4.78, 5) is 38.7. The molecule has 344 valence electrons. The Hall–Kier alpha value is -7.99. The molecule has 2 aromatic carbocycles. The summed E-state index contributed by atoms with van der Waals surface area (Å²) in [5.74, 6) is 5.84. The standard InChI is InChI=1S/C24H25N7O2.C14H14ClN3O.C10H12N4O/c1-15-7-5-6-8-18(15)19-13-33-21-11-26-24(29-23(21)30(19)3)28-17-9-20(32-4)22(25-10-17)31-12-16(2)27-14-31;1-9-5-3-4-6-10(9)11-8-19-12-7-16-14(15)17-13(12)18(11)2;1-7-5-14(6-13-7)10-9(15-2)3-8(11)4-12-10/h5-12,14,19H,13H2,1-4H3,(H,26,28,29);3-7,11H,8H2,1-2H3;3-6H,11H2,1-2H3. The monoisotopic (exact) mass is 922 g/mol. The maximum absolute atomic E-state index is 5.99. The van der Waals surface area contributed by atoms with Crippen LogP contribution in [-0.4, -0.2) is 90.5 Å². The molecule has 2 unspecified atom stereocenters. The summed E-state index contributed by atoms with van der Waals surface area (Å²) >= 11 is 5.86. The predicted octanol–water partition coefficient (Wildman–Crippen LogP) is 8.17. The highest BCUT2D eigenvalue weighted by Crippen LogP contribution is 2.39. The third kappa shape index (κ3) is 10.1. The van der Waals surface area contributed by atoms with Gasteiger partial charge in [-0.15, -0.1) is 0 Å². The van der Waals surface area contributed by atoms with Gasteiger partial charge in [0.2, 0.25) is 11.2 Å². The first-order valence-electron chi connectivity index (χ1n) is 21.2. The molecular weight excluding hydrogens is 872 g/mol. The zero-order valence-corrected chi connectivity index (χ0v) is 39.2. The third-order valence-corrected chi connectivity index (χ3v) is 11.4. The summed E-state index contributed by atoms with van der Waals surface area (Å²) < 4.78 is 26.1. The smallest absolute Gasteiger partial charge is 0.229 e. The number of fused-ring (bicyclic) bond motifs is 2. The Balaban J connectivity index is 0.000000151. The summed E-state index contributed by atoms with van der Waals surface area (Å²) in [7, 11) is 7.23. The number of pyridine rings is 2. The summed E-state index contributed by atoms with van der Waals surface area (Å²) in [6.45, 7) is 9.18. The van der Waals surface area contributed by atoms with Crippen LogP contribution in [-0.2, 0) is 0 Å². The number of methoxy groups -OCH3 is 2. The van der Waals surface area contributed by atoms with Crippen molar-refractivity contribution in [2.75, 3.05) is 62.4 Å². The van der Waals surface area contributed by atoms with Crippen LogP contribution in [0, 0.1) is 27.7 Å². The number of nitrogen functional groups attached to an aromatic ring is 1. The van der Waals surface area contributed by atoms with Crippen LogP contribution in [0.5, 0.6) is 23.0 Å². The minimum absolute atomic E-state index is 0.0705. The molecule has 0 spiro atoms. The Morgan fingerprint density at radius 2 is 1.13 bits per heavy atom. The summed E-state index contributed by atoms with van der Waals surface area (Å²) in [5.41, 5.74) is 13.7. The van der Waals surface area contributed by atoms with E-state index in [9.17, 15) is 0 Å². The first kappa shape index (κ1) is 45.6. The zero-order valence-electron chi connectivity index (χ0n) is 38.4. The Morgan fingerprint density at radius 3 is 1.66 bits per heavy atom. The van der Waals surface area contributed by atoms with E-state index in [1.165, 1.54) is 22.3 Å². The van der Waals surface area contributed by atoms with Crippen molar-refractivity contribution in [2.24, 2.45) is 0 Å². The molecule has 0 amide bonds. The van der Waals surface area contributed by atoms with E-state index in [1.54, 1.807) is 62.3 Å². The van der Waals surface area contributed by atoms with Gasteiger partial charge >= 0.3 is 0 Å². The number of aromatic nitrogens is 10. The van der Waals surface area contributed by atoms with E-state index in [4.69, 9.17) is 41.3 Å². The van der Waals surface area contributed by atoms with E-state index in [1.807, 2.05) is 75.2 Å². The van der Waals surface area contributed by atoms with Gasteiger partial charge in [-0.25, -0.2) is 29.9 Å². The van der Waals surface area contributed by atoms with Gasteiger partial charge in [0, 0.05) is 38.6 Å². The van der Waals surface area contributed by atoms with Crippen molar-refractivity contribution in [2.45, 2.75) is 39.8 Å². The van der Waals surface area contributed by atoms with Crippen LogP contribution in [0.25, 0.3) is 11.6 Å². The maximum Gasteiger partial charge on any atom is 0.229 e. The Morgan fingerprint density at radius 1 is 0.627 bits per heavy atom. The lowest BCUT2D eigenvalue weighted by Crippen LogP contribution is -2.34. The van der Waals surface area contributed by atoms with Crippen LogP contribution in [0.3, 0.4) is 0 Å². The largest absolute Gasteiger partial charge is 0.493 e. The SMILES string of the molecule is COc1cc(N)cnc1-n1cnc(C)c1.COc1cc(Nc2ncc3c(n2)N(C)C(c2ccccc2C)CO3)cnc1-n1cnc(C)c1.Cc1ccccc1C1COc2cnc(Cl)nc2N1C. The molecule has 2 aliphatic rings. The van der Waals surface area contributed by atoms with E-state index in [0.717, 1.165) is 23.0 Å². The molecule has 3 N–H and O–H groups in total. The van der Waals surface area contributed by atoms with Crippen LogP contribution in [0.2, 0.25) is 5.28 Å². The molecule has 2 aliphatic heterocycles. The minimum atomic E-state index is 0.0705. The van der Waals surface area contributed by atoms with Crippen LogP contribution in [0.4, 0.5) is 29.0 Å². The van der Waals surface area contributed by atoms with Crippen molar-refractivity contribution >= 4 is 40.6 Å². The number of ether oxygens (including phenoxy) is 4. The lowest BCUT2D eigenvalue weighted by Gasteiger charge is -2.35. The Labute approximate surface area is 393 Å². The van der Waals surface area contributed by atoms with Crippen molar-refractivity contribution in [3.05, 3.63) is 149 Å². The third-order valence-electron chi connectivity index (χ3n) is 11.2. The number of likely N-dealkylation sites (N-methyl/N-ethyl adjacent to an activating group) is 2. The molecule has 0 radical (unpaired) electrons. The Kier molecular flexibility index (Phi) is 13.6. The lowest BCUT2D eigenvalue weighted by atomic mass is 10.00. The van der Waals surface area contributed by atoms with Crippen molar-refractivity contribution < 1.29 is 18.9 Å². The number of halogens is 1. The number of hydrogen-bond acceptors (Lipinski definition) is 16. The van der Waals surface area contributed by atoms with Gasteiger partial charge in [0.1, 0.15) is 25.9 Å². The number of nitrogens with two attached hydrogens (primary N) is 1. The molecule has 0 saturated carbocycles. The number of aryl methyl sites for hydroxylation is 4. The van der Waals surface area contributed by atoms with Gasteiger partial charge in [0.25, 0.3) is 0 Å². The van der Waals surface area contributed by atoms with Gasteiger partial charge in [-0.3, -0.25) is 9.13 Å². The quantitative estimate of drug-likeness (QED) is 0.138. The van der Waals surface area contributed by atoms with E-state index >= 15 is 0 Å². The second-order valence-corrected chi connectivity index (χ2v) is 16.1. The molecule has 0 saturated heterocycles. The molecule has 0 aliphatic carbocycles. The van der Waals surface area contributed by atoms with Crippen molar-refractivity contribution in [1.82, 2.24) is 49.0 Å². The maximum atomic E-state index is 5.99. The molecule has 19 heteroatoms. The zero-order chi connectivity index (χ0) is 47.2. The molecule has 18 nitrogen and oxygen atoms in total. The van der Waals surface area contributed by atoms with E-state index in [2.05, 4.69) is 88.1 Å². The number of anilines is 5. The second-order valence-electron chi connectivity index (χ2n) is 15.8. The molecule has 0 bridgehead atoms.